The van der Waals surface area contributed by atoms with Crippen molar-refractivity contribution in [3.8, 4) is 0 Å². The van der Waals surface area contributed by atoms with Gasteiger partial charge in [-0.15, -0.1) is 0 Å². The fraction of sp³-hybridized carbons (Fsp3) is 0.562. The lowest BCUT2D eigenvalue weighted by atomic mass is 10.1. The van der Waals surface area contributed by atoms with Gasteiger partial charge in [0.05, 0.1) is 0 Å². The first kappa shape index (κ1) is 15.7. The van der Waals surface area contributed by atoms with Crippen LogP contribution in [0, 0.1) is 13.8 Å². The van der Waals surface area contributed by atoms with Crippen LogP contribution in [0.2, 0.25) is 0 Å². The zero-order valence-corrected chi connectivity index (χ0v) is 13.0. The number of carbonyl (C=O) groups excluding carboxylic acids is 1. The van der Waals surface area contributed by atoms with Crippen molar-refractivity contribution >= 4 is 11.6 Å². The molecular formula is C16H26N2O. The third kappa shape index (κ3) is 5.43. The summed E-state index contributed by atoms with van der Waals surface area (Å²) in [5, 5.41) is 3.33. The van der Waals surface area contributed by atoms with E-state index in [0.29, 0.717) is 13.0 Å². The summed E-state index contributed by atoms with van der Waals surface area (Å²) in [6.45, 7) is 11.1. The van der Waals surface area contributed by atoms with Crippen LogP contribution in [0.4, 0.5) is 5.69 Å². The molecule has 3 nitrogen and oxygen atoms in total. The third-order valence-corrected chi connectivity index (χ3v) is 2.96. The molecule has 1 amide bonds. The molecule has 0 bridgehead atoms. The summed E-state index contributed by atoms with van der Waals surface area (Å²) >= 11 is 0. The summed E-state index contributed by atoms with van der Waals surface area (Å²) in [4.78, 5) is 13.9. The SMILES string of the molecule is Cc1cc(C)cc(N(C)C(=O)CCNC(C)(C)C)c1. The van der Waals surface area contributed by atoms with E-state index in [1.165, 1.54) is 11.1 Å². The van der Waals surface area contributed by atoms with E-state index in [-0.39, 0.29) is 11.4 Å². The molecular weight excluding hydrogens is 236 g/mol. The van der Waals surface area contributed by atoms with Gasteiger partial charge in [0.15, 0.2) is 0 Å². The molecule has 1 aromatic carbocycles. The van der Waals surface area contributed by atoms with Gasteiger partial charge in [-0.2, -0.15) is 0 Å². The molecule has 1 aromatic rings. The lowest BCUT2D eigenvalue weighted by Crippen LogP contribution is -2.39. The van der Waals surface area contributed by atoms with E-state index in [0.717, 1.165) is 5.69 Å². The molecule has 0 saturated carbocycles. The average molecular weight is 262 g/mol. The van der Waals surface area contributed by atoms with Crippen molar-refractivity contribution in [1.82, 2.24) is 5.32 Å². The maximum Gasteiger partial charge on any atom is 0.227 e. The maximum atomic E-state index is 12.1. The summed E-state index contributed by atoms with van der Waals surface area (Å²) in [6.07, 6.45) is 0.515. The molecule has 19 heavy (non-hydrogen) atoms. The molecule has 1 N–H and O–H groups in total. The smallest absolute Gasteiger partial charge is 0.227 e. The molecule has 0 heterocycles. The number of rotatable bonds is 4. The van der Waals surface area contributed by atoms with Gasteiger partial charge in [-0.05, 0) is 57.9 Å². The van der Waals surface area contributed by atoms with Crippen molar-refractivity contribution in [2.45, 2.75) is 46.6 Å². The van der Waals surface area contributed by atoms with Crippen LogP contribution < -0.4 is 10.2 Å². The molecule has 0 aliphatic rings. The second kappa shape index (κ2) is 6.20. The van der Waals surface area contributed by atoms with Crippen molar-refractivity contribution in [1.29, 1.82) is 0 Å². The first-order valence-electron chi connectivity index (χ1n) is 6.79. The molecule has 1 rings (SSSR count). The summed E-state index contributed by atoms with van der Waals surface area (Å²) < 4.78 is 0. The van der Waals surface area contributed by atoms with Gasteiger partial charge in [0.25, 0.3) is 0 Å². The first-order chi connectivity index (χ1) is 8.69. The Balaban J connectivity index is 2.61. The van der Waals surface area contributed by atoms with Crippen LogP contribution in [-0.2, 0) is 4.79 Å². The molecule has 0 aromatic heterocycles. The molecule has 106 valence electrons. The van der Waals surface area contributed by atoms with Gasteiger partial charge in [-0.3, -0.25) is 4.79 Å². The lowest BCUT2D eigenvalue weighted by molar-refractivity contribution is -0.118. The second-order valence-corrected chi connectivity index (χ2v) is 6.23. The average Bonchev–Trinajstić information content (AvgIpc) is 2.24. The fourth-order valence-electron chi connectivity index (χ4n) is 2.00. The Hall–Kier alpha value is -1.35. The highest BCUT2D eigenvalue weighted by atomic mass is 16.2. The van der Waals surface area contributed by atoms with E-state index in [9.17, 15) is 4.79 Å². The zero-order valence-electron chi connectivity index (χ0n) is 13.0. The number of anilines is 1. The van der Waals surface area contributed by atoms with E-state index < -0.39 is 0 Å². The van der Waals surface area contributed by atoms with Crippen LogP contribution in [0.25, 0.3) is 0 Å². The highest BCUT2D eigenvalue weighted by molar-refractivity contribution is 5.93. The highest BCUT2D eigenvalue weighted by Gasteiger charge is 2.13. The number of nitrogens with zero attached hydrogens (tertiary/aromatic N) is 1. The normalized spacial score (nSPS) is 11.5. The predicted octanol–water partition coefficient (Wildman–Crippen LogP) is 3.04. The number of amides is 1. The number of aryl methyl sites for hydroxylation is 2. The van der Waals surface area contributed by atoms with Crippen LogP contribution in [0.15, 0.2) is 18.2 Å². The largest absolute Gasteiger partial charge is 0.315 e. The number of carbonyl (C=O) groups is 1. The minimum atomic E-state index is 0.0543. The van der Waals surface area contributed by atoms with E-state index in [2.05, 4.69) is 46.0 Å². The van der Waals surface area contributed by atoms with Crippen molar-refractivity contribution in [3.05, 3.63) is 29.3 Å². The van der Waals surface area contributed by atoms with Crippen LogP contribution in [0.5, 0.6) is 0 Å². The third-order valence-electron chi connectivity index (χ3n) is 2.96. The summed E-state index contributed by atoms with van der Waals surface area (Å²) in [7, 11) is 1.84. The standard InChI is InChI=1S/C16H26N2O/c1-12-9-13(2)11-14(10-12)18(6)15(19)7-8-17-16(3,4)5/h9-11,17H,7-8H2,1-6H3. The van der Waals surface area contributed by atoms with Gasteiger partial charge in [-0.25, -0.2) is 0 Å². The topological polar surface area (TPSA) is 32.3 Å². The monoisotopic (exact) mass is 262 g/mol. The van der Waals surface area contributed by atoms with Gasteiger partial charge in [-0.1, -0.05) is 6.07 Å². The molecule has 0 spiro atoms. The van der Waals surface area contributed by atoms with Gasteiger partial charge < -0.3 is 10.2 Å². The maximum absolute atomic E-state index is 12.1. The van der Waals surface area contributed by atoms with Gasteiger partial charge >= 0.3 is 0 Å². The Morgan fingerprint density at radius 1 is 1.16 bits per heavy atom. The fourth-order valence-corrected chi connectivity index (χ4v) is 2.00. The van der Waals surface area contributed by atoms with Crippen LogP contribution in [0.1, 0.15) is 38.3 Å². The molecule has 0 atom stereocenters. The molecule has 0 unspecified atom stereocenters. The van der Waals surface area contributed by atoms with Crippen molar-refractivity contribution in [2.75, 3.05) is 18.5 Å². The van der Waals surface area contributed by atoms with E-state index in [4.69, 9.17) is 0 Å². The second-order valence-electron chi connectivity index (χ2n) is 6.23. The van der Waals surface area contributed by atoms with Gasteiger partial charge in [0, 0.05) is 31.2 Å². The molecule has 0 fully saturated rings. The quantitative estimate of drug-likeness (QED) is 0.904. The van der Waals surface area contributed by atoms with Crippen molar-refractivity contribution < 1.29 is 4.79 Å². The van der Waals surface area contributed by atoms with Gasteiger partial charge in [0.1, 0.15) is 0 Å². The minimum Gasteiger partial charge on any atom is -0.315 e. The Morgan fingerprint density at radius 2 is 1.68 bits per heavy atom. The van der Waals surface area contributed by atoms with E-state index in [1.54, 1.807) is 4.90 Å². The molecule has 0 aliphatic heterocycles. The Labute approximate surface area is 117 Å². The number of benzene rings is 1. The first-order valence-corrected chi connectivity index (χ1v) is 6.79. The summed E-state index contributed by atoms with van der Waals surface area (Å²) in [6, 6.07) is 6.20. The number of hydrogen-bond donors (Lipinski definition) is 1. The van der Waals surface area contributed by atoms with Gasteiger partial charge in [0.2, 0.25) is 5.91 Å². The number of nitrogens with one attached hydrogen (secondary N) is 1. The van der Waals surface area contributed by atoms with Crippen LogP contribution in [0.3, 0.4) is 0 Å². The Morgan fingerprint density at radius 3 is 2.16 bits per heavy atom. The summed E-state index contributed by atoms with van der Waals surface area (Å²) in [5.41, 5.74) is 3.39. The number of hydrogen-bond acceptors (Lipinski definition) is 2. The van der Waals surface area contributed by atoms with Crippen molar-refractivity contribution in [2.24, 2.45) is 0 Å². The zero-order chi connectivity index (χ0) is 14.6. The molecule has 0 saturated heterocycles. The summed E-state index contributed by atoms with van der Waals surface area (Å²) in [5.74, 6) is 0.141. The van der Waals surface area contributed by atoms with Crippen LogP contribution in [-0.4, -0.2) is 25.0 Å². The molecule has 0 radical (unpaired) electrons. The highest BCUT2D eigenvalue weighted by Crippen LogP contribution is 2.18. The Bertz CT molecular complexity index is 426. The van der Waals surface area contributed by atoms with Crippen LogP contribution >= 0.6 is 0 Å². The van der Waals surface area contributed by atoms with E-state index in [1.807, 2.05) is 19.2 Å². The molecule has 3 heteroatoms. The Kier molecular flexibility index (Phi) is 5.12. The predicted molar refractivity (Wildman–Crippen MR) is 81.7 cm³/mol. The van der Waals surface area contributed by atoms with E-state index >= 15 is 0 Å². The van der Waals surface area contributed by atoms with Crippen molar-refractivity contribution in [3.63, 3.8) is 0 Å². The molecule has 0 aliphatic carbocycles. The minimum absolute atomic E-state index is 0.0543. The lowest BCUT2D eigenvalue weighted by Gasteiger charge is -2.22.